The lowest BCUT2D eigenvalue weighted by molar-refractivity contribution is -0.151. The number of aliphatic hydroxyl groups is 2. The molecule has 3 unspecified atom stereocenters. The van der Waals surface area contributed by atoms with Crippen molar-refractivity contribution in [1.29, 1.82) is 0 Å². The number of hydrogen-bond donors (Lipinski definition) is 3. The first kappa shape index (κ1) is 59.5. The van der Waals surface area contributed by atoms with E-state index >= 15 is 0 Å². The second-order valence-corrected chi connectivity index (χ2v) is 17.0. The Kier molecular flexibility index (Phi) is 46.8. The first-order valence-electron chi connectivity index (χ1n) is 25.7. The molecule has 0 aromatic rings. The molecule has 6 heteroatoms. The molecular weight excluding hydrogens is 779 g/mol. The van der Waals surface area contributed by atoms with Crippen LogP contribution in [0.3, 0.4) is 0 Å². The Morgan fingerprint density at radius 2 is 0.937 bits per heavy atom. The maximum atomic E-state index is 13.2. The van der Waals surface area contributed by atoms with Crippen LogP contribution >= 0.6 is 0 Å². The summed E-state index contributed by atoms with van der Waals surface area (Å²) in [6.45, 7) is 6.20. The van der Waals surface area contributed by atoms with Crippen LogP contribution in [-0.4, -0.2) is 46.9 Å². The zero-order valence-electron chi connectivity index (χ0n) is 40.7. The second kappa shape index (κ2) is 49.5. The highest BCUT2D eigenvalue weighted by molar-refractivity contribution is 5.77. The fourth-order valence-electron chi connectivity index (χ4n) is 7.18. The van der Waals surface area contributed by atoms with Crippen LogP contribution in [0.15, 0.2) is 109 Å². The maximum Gasteiger partial charge on any atom is 0.306 e. The monoisotopic (exact) mass is 874 g/mol. The molecule has 0 aliphatic carbocycles. The molecule has 0 radical (unpaired) electrons. The minimum Gasteiger partial charge on any atom is -0.462 e. The topological polar surface area (TPSA) is 95.9 Å². The molecule has 0 aliphatic heterocycles. The van der Waals surface area contributed by atoms with E-state index in [4.69, 9.17) is 4.74 Å². The molecule has 3 atom stereocenters. The summed E-state index contributed by atoms with van der Waals surface area (Å²) < 4.78 is 5.89. The molecule has 0 aromatic heterocycles. The fourth-order valence-corrected chi connectivity index (χ4v) is 7.18. The minimum atomic E-state index is -0.813. The number of nitrogens with one attached hydrogen (secondary N) is 1. The quantitative estimate of drug-likeness (QED) is 0.0245. The number of rotatable bonds is 44. The summed E-state index contributed by atoms with van der Waals surface area (Å²) in [5.74, 6) is -0.573. The number of aliphatic hydroxyl groups excluding tert-OH is 2. The van der Waals surface area contributed by atoms with Crippen LogP contribution in [0, 0.1) is 0 Å². The van der Waals surface area contributed by atoms with Crippen molar-refractivity contribution >= 4 is 11.9 Å². The van der Waals surface area contributed by atoms with E-state index in [2.05, 4.69) is 80.8 Å². The van der Waals surface area contributed by atoms with Crippen LogP contribution in [-0.2, 0) is 14.3 Å². The third-order valence-corrected chi connectivity index (χ3v) is 11.0. The zero-order chi connectivity index (χ0) is 45.9. The molecule has 0 saturated heterocycles. The van der Waals surface area contributed by atoms with E-state index in [1.165, 1.54) is 77.0 Å². The lowest BCUT2D eigenvalue weighted by Crippen LogP contribution is -2.46. The lowest BCUT2D eigenvalue weighted by Gasteiger charge is -2.24. The number of ether oxygens (including phenoxy) is 1. The number of esters is 1. The Morgan fingerprint density at radius 1 is 0.492 bits per heavy atom. The number of allylic oxidation sites excluding steroid dienone is 18. The van der Waals surface area contributed by atoms with Crippen molar-refractivity contribution in [2.45, 2.75) is 232 Å². The smallest absolute Gasteiger partial charge is 0.306 e. The highest BCUT2D eigenvalue weighted by atomic mass is 16.5. The van der Waals surface area contributed by atoms with E-state index in [0.29, 0.717) is 19.3 Å². The highest BCUT2D eigenvalue weighted by Crippen LogP contribution is 2.17. The van der Waals surface area contributed by atoms with E-state index in [1.54, 1.807) is 0 Å². The van der Waals surface area contributed by atoms with Gasteiger partial charge in [-0.3, -0.25) is 9.59 Å². The lowest BCUT2D eigenvalue weighted by atomic mass is 10.0. The van der Waals surface area contributed by atoms with Crippen molar-refractivity contribution in [1.82, 2.24) is 5.32 Å². The first-order valence-corrected chi connectivity index (χ1v) is 25.7. The number of unbranched alkanes of at least 4 members (excludes halogenated alkanes) is 19. The second-order valence-electron chi connectivity index (χ2n) is 17.0. The Labute approximate surface area is 388 Å². The van der Waals surface area contributed by atoms with Crippen LogP contribution in [0.5, 0.6) is 0 Å². The normalized spacial score (nSPS) is 14.2. The van der Waals surface area contributed by atoms with Gasteiger partial charge >= 0.3 is 5.97 Å². The summed E-state index contributed by atoms with van der Waals surface area (Å²) in [6, 6.07) is -0.730. The van der Waals surface area contributed by atoms with Crippen LogP contribution in [0.4, 0.5) is 0 Å². The molecule has 0 fully saturated rings. The van der Waals surface area contributed by atoms with Gasteiger partial charge in [0.2, 0.25) is 5.91 Å². The molecule has 358 valence electrons. The van der Waals surface area contributed by atoms with Crippen molar-refractivity contribution in [3.8, 4) is 0 Å². The van der Waals surface area contributed by atoms with E-state index in [-0.39, 0.29) is 24.9 Å². The number of amides is 1. The molecule has 0 aromatic carbocycles. The summed E-state index contributed by atoms with van der Waals surface area (Å²) in [4.78, 5) is 26.1. The van der Waals surface area contributed by atoms with Crippen molar-refractivity contribution in [2.75, 3.05) is 6.61 Å². The average molecular weight is 874 g/mol. The standard InChI is InChI=1S/C57H95NO5/c1-4-7-10-13-16-19-22-25-27-28-30-32-35-38-41-44-47-50-57(62)63-53(48-45-42-39-36-33-24-21-18-15-12-9-6-3)51-56(61)58-54(52-59)55(60)49-46-43-40-37-34-31-29-26-23-20-17-14-11-8-5-2/h7,9-10,12-13,16,18-19,21-22,25,27-28,30,32-33,35-36,53-55,59-60H,4-6,8,11,14-15,17,20,23-24,26,29,31,34,37-52H2,1-3H3,(H,58,61)/b10-7-,12-9+,16-13+,21-18+,22-19+,27-25-,30-28+,35-32+,36-33+. The molecule has 1 amide bonds. The van der Waals surface area contributed by atoms with Crippen LogP contribution in [0.25, 0.3) is 0 Å². The number of carbonyl (C=O) groups excluding carboxylic acids is 2. The molecule has 0 heterocycles. The van der Waals surface area contributed by atoms with Crippen LogP contribution in [0.1, 0.15) is 213 Å². The number of hydrogen-bond acceptors (Lipinski definition) is 5. The van der Waals surface area contributed by atoms with Gasteiger partial charge in [0.1, 0.15) is 6.10 Å². The van der Waals surface area contributed by atoms with Crippen LogP contribution < -0.4 is 5.32 Å². The molecule has 0 rings (SSSR count). The summed E-state index contributed by atoms with van der Waals surface area (Å²) in [6.07, 6.45) is 67.2. The third-order valence-electron chi connectivity index (χ3n) is 11.0. The van der Waals surface area contributed by atoms with Crippen LogP contribution in [0.2, 0.25) is 0 Å². The molecular formula is C57H95NO5. The fraction of sp³-hybridized carbons (Fsp3) is 0.649. The predicted octanol–water partition coefficient (Wildman–Crippen LogP) is 15.5. The first-order chi connectivity index (χ1) is 31.0. The molecule has 0 spiro atoms. The van der Waals surface area contributed by atoms with Gasteiger partial charge in [-0.15, -0.1) is 0 Å². The maximum absolute atomic E-state index is 13.2. The van der Waals surface area contributed by atoms with E-state index in [9.17, 15) is 19.8 Å². The van der Waals surface area contributed by atoms with E-state index in [1.807, 2.05) is 54.7 Å². The summed E-state index contributed by atoms with van der Waals surface area (Å²) in [7, 11) is 0. The molecule has 0 aliphatic rings. The zero-order valence-corrected chi connectivity index (χ0v) is 40.7. The Bertz CT molecular complexity index is 1300. The number of carbonyl (C=O) groups is 2. The SMILES string of the molecule is CC\C=C/C=C/C=C/C=C\C=C\C=C\CCCCCC(=O)OC(CCCC/C=C/C/C=C/C/C=C/CC)CC(=O)NC(CO)C(O)CCCCCCCCCCCCCCCCC. The van der Waals surface area contributed by atoms with Gasteiger partial charge < -0.3 is 20.3 Å². The predicted molar refractivity (Wildman–Crippen MR) is 273 cm³/mol. The molecule has 3 N–H and O–H groups in total. The Balaban J connectivity index is 4.69. The van der Waals surface area contributed by atoms with Crippen molar-refractivity contribution in [2.24, 2.45) is 0 Å². The van der Waals surface area contributed by atoms with Crippen molar-refractivity contribution in [3.05, 3.63) is 109 Å². The summed E-state index contributed by atoms with van der Waals surface area (Å²) in [5.41, 5.74) is 0. The van der Waals surface area contributed by atoms with E-state index < -0.39 is 18.2 Å². The highest BCUT2D eigenvalue weighted by Gasteiger charge is 2.24. The Hall–Kier alpha value is -3.48. The largest absolute Gasteiger partial charge is 0.462 e. The van der Waals surface area contributed by atoms with Crippen molar-refractivity contribution in [3.63, 3.8) is 0 Å². The summed E-state index contributed by atoms with van der Waals surface area (Å²) >= 11 is 0. The average Bonchev–Trinajstić information content (AvgIpc) is 3.28. The van der Waals surface area contributed by atoms with Gasteiger partial charge in [-0.05, 0) is 77.0 Å². The molecule has 0 saturated carbocycles. The molecule has 63 heavy (non-hydrogen) atoms. The molecule has 0 bridgehead atoms. The van der Waals surface area contributed by atoms with Gasteiger partial charge in [0.15, 0.2) is 0 Å². The van der Waals surface area contributed by atoms with Gasteiger partial charge in [0.25, 0.3) is 0 Å². The van der Waals surface area contributed by atoms with Crippen molar-refractivity contribution < 1.29 is 24.5 Å². The van der Waals surface area contributed by atoms with Gasteiger partial charge in [-0.2, -0.15) is 0 Å². The third kappa shape index (κ3) is 44.9. The molecule has 6 nitrogen and oxygen atoms in total. The van der Waals surface area contributed by atoms with Gasteiger partial charge in [0, 0.05) is 6.42 Å². The van der Waals surface area contributed by atoms with Gasteiger partial charge in [-0.25, -0.2) is 0 Å². The van der Waals surface area contributed by atoms with E-state index in [0.717, 1.165) is 89.9 Å². The van der Waals surface area contributed by atoms with Gasteiger partial charge in [0.05, 0.1) is 25.2 Å². The minimum absolute atomic E-state index is 0.0263. The van der Waals surface area contributed by atoms with Gasteiger partial charge in [-0.1, -0.05) is 233 Å². The Morgan fingerprint density at radius 3 is 1.49 bits per heavy atom. The summed E-state index contributed by atoms with van der Waals surface area (Å²) in [5, 5.41) is 23.8.